The Morgan fingerprint density at radius 3 is 2.44 bits per heavy atom. The third-order valence-electron chi connectivity index (χ3n) is 4.76. The van der Waals surface area contributed by atoms with Gasteiger partial charge in [-0.3, -0.25) is 4.79 Å². The Hall–Kier alpha value is -2.50. The first kappa shape index (κ1) is 17.9. The predicted molar refractivity (Wildman–Crippen MR) is 110 cm³/mol. The Morgan fingerprint density at radius 2 is 1.78 bits per heavy atom. The van der Waals surface area contributed by atoms with Crippen LogP contribution in [0.2, 0.25) is 0 Å². The van der Waals surface area contributed by atoms with Gasteiger partial charge < -0.3 is 9.64 Å². The van der Waals surface area contributed by atoms with Gasteiger partial charge in [-0.2, -0.15) is 0 Å². The molecule has 0 bridgehead atoms. The van der Waals surface area contributed by atoms with E-state index in [0.29, 0.717) is 24.3 Å². The number of benzene rings is 2. The molecule has 3 aromatic rings. The molecular formula is C22H22N2O2S. The third-order valence-corrected chi connectivity index (χ3v) is 5.88. The Labute approximate surface area is 163 Å². The van der Waals surface area contributed by atoms with E-state index in [1.807, 2.05) is 56.3 Å². The van der Waals surface area contributed by atoms with E-state index < -0.39 is 0 Å². The number of morpholine rings is 1. The lowest BCUT2D eigenvalue weighted by atomic mass is 9.99. The van der Waals surface area contributed by atoms with Crippen LogP contribution in [0.3, 0.4) is 0 Å². The van der Waals surface area contributed by atoms with Crippen LogP contribution in [0.4, 0.5) is 5.69 Å². The molecule has 1 aromatic heterocycles. The monoisotopic (exact) mass is 378 g/mol. The van der Waals surface area contributed by atoms with Crippen molar-refractivity contribution in [3.63, 3.8) is 0 Å². The van der Waals surface area contributed by atoms with Gasteiger partial charge in [-0.15, -0.1) is 11.3 Å². The quantitative estimate of drug-likeness (QED) is 0.627. The number of aryl methyl sites for hydroxylation is 2. The molecule has 4 rings (SSSR count). The van der Waals surface area contributed by atoms with Crippen molar-refractivity contribution in [1.29, 1.82) is 0 Å². The molecule has 138 valence electrons. The number of rotatable bonds is 4. The minimum Gasteiger partial charge on any atom is -0.378 e. The summed E-state index contributed by atoms with van der Waals surface area (Å²) in [5.41, 5.74) is 4.56. The number of thiazole rings is 1. The summed E-state index contributed by atoms with van der Waals surface area (Å²) in [6, 6.07) is 15.6. The fourth-order valence-corrected chi connectivity index (χ4v) is 4.34. The summed E-state index contributed by atoms with van der Waals surface area (Å²) in [7, 11) is 0. The molecule has 1 aliphatic heterocycles. The molecule has 0 N–H and O–H groups in total. The Kier molecular flexibility index (Phi) is 5.05. The van der Waals surface area contributed by atoms with Crippen LogP contribution in [0.25, 0.3) is 10.4 Å². The van der Waals surface area contributed by atoms with Crippen LogP contribution < -0.4 is 4.90 Å². The second-order valence-electron chi connectivity index (χ2n) is 6.71. The summed E-state index contributed by atoms with van der Waals surface area (Å²) < 4.78 is 5.49. The molecule has 1 aliphatic rings. The molecular weight excluding hydrogens is 356 g/mol. The zero-order valence-electron chi connectivity index (χ0n) is 15.6. The summed E-state index contributed by atoms with van der Waals surface area (Å²) in [5, 5.41) is 1.04. The van der Waals surface area contributed by atoms with Crippen molar-refractivity contribution in [2.75, 3.05) is 31.2 Å². The zero-order chi connectivity index (χ0) is 18.8. The largest absolute Gasteiger partial charge is 0.378 e. The fraction of sp³-hybridized carbons (Fsp3) is 0.273. The van der Waals surface area contributed by atoms with Gasteiger partial charge in [0.15, 0.2) is 5.78 Å². The molecule has 0 saturated carbocycles. The van der Waals surface area contributed by atoms with Crippen LogP contribution in [-0.4, -0.2) is 37.1 Å². The summed E-state index contributed by atoms with van der Waals surface area (Å²) in [6.07, 6.45) is 0. The van der Waals surface area contributed by atoms with Crippen LogP contribution in [0.5, 0.6) is 0 Å². The van der Waals surface area contributed by atoms with Crippen molar-refractivity contribution in [2.45, 2.75) is 13.8 Å². The second-order valence-corrected chi connectivity index (χ2v) is 7.91. The van der Waals surface area contributed by atoms with Gasteiger partial charge in [0.25, 0.3) is 0 Å². The zero-order valence-corrected chi connectivity index (χ0v) is 16.4. The van der Waals surface area contributed by atoms with E-state index in [0.717, 1.165) is 39.9 Å². The molecule has 1 saturated heterocycles. The normalized spacial score (nSPS) is 14.4. The highest BCUT2D eigenvalue weighted by atomic mass is 32.1. The fourth-order valence-electron chi connectivity index (χ4n) is 3.43. The molecule has 4 nitrogen and oxygen atoms in total. The van der Waals surface area contributed by atoms with Crippen LogP contribution in [0.1, 0.15) is 26.6 Å². The van der Waals surface area contributed by atoms with E-state index in [2.05, 4.69) is 16.0 Å². The summed E-state index contributed by atoms with van der Waals surface area (Å²) in [4.78, 5) is 21.1. The minimum absolute atomic E-state index is 0.0471. The molecule has 0 radical (unpaired) electrons. The molecule has 0 spiro atoms. The number of ether oxygens (including phenoxy) is 1. The Balaban J connectivity index is 1.81. The Morgan fingerprint density at radius 1 is 1.04 bits per heavy atom. The van der Waals surface area contributed by atoms with Gasteiger partial charge in [0.05, 0.1) is 28.8 Å². The highest BCUT2D eigenvalue weighted by Gasteiger charge is 2.18. The molecule has 0 unspecified atom stereocenters. The van der Waals surface area contributed by atoms with Crippen molar-refractivity contribution < 1.29 is 9.53 Å². The molecule has 0 amide bonds. The van der Waals surface area contributed by atoms with Gasteiger partial charge >= 0.3 is 0 Å². The van der Waals surface area contributed by atoms with Crippen molar-refractivity contribution in [1.82, 2.24) is 4.98 Å². The van der Waals surface area contributed by atoms with Crippen molar-refractivity contribution in [3.05, 3.63) is 70.4 Å². The number of carbonyl (C=O) groups excluding carboxylic acids is 1. The van der Waals surface area contributed by atoms with Gasteiger partial charge in [0, 0.05) is 29.9 Å². The van der Waals surface area contributed by atoms with Gasteiger partial charge in [0.2, 0.25) is 0 Å². The van der Waals surface area contributed by atoms with E-state index in [9.17, 15) is 4.79 Å². The number of carbonyl (C=O) groups is 1. The van der Waals surface area contributed by atoms with Crippen molar-refractivity contribution >= 4 is 22.8 Å². The lowest BCUT2D eigenvalue weighted by Crippen LogP contribution is -2.36. The van der Waals surface area contributed by atoms with Gasteiger partial charge in [-0.05, 0) is 37.6 Å². The lowest BCUT2D eigenvalue weighted by Gasteiger charge is -2.29. The lowest BCUT2D eigenvalue weighted by molar-refractivity contribution is 0.103. The maximum atomic E-state index is 13.1. The highest BCUT2D eigenvalue weighted by Crippen LogP contribution is 2.34. The molecule has 5 heteroatoms. The summed E-state index contributed by atoms with van der Waals surface area (Å²) in [5.74, 6) is 0.0471. The molecule has 0 atom stereocenters. The molecule has 27 heavy (non-hydrogen) atoms. The first-order valence-corrected chi connectivity index (χ1v) is 9.95. The highest BCUT2D eigenvalue weighted by molar-refractivity contribution is 7.15. The van der Waals surface area contributed by atoms with Crippen LogP contribution in [0.15, 0.2) is 48.5 Å². The van der Waals surface area contributed by atoms with Crippen LogP contribution in [0, 0.1) is 13.8 Å². The second kappa shape index (κ2) is 7.62. The molecule has 1 fully saturated rings. The average Bonchev–Trinajstić information content (AvgIpc) is 3.06. The molecule has 2 aromatic carbocycles. The van der Waals surface area contributed by atoms with Gasteiger partial charge in [-0.1, -0.05) is 30.3 Å². The first-order chi connectivity index (χ1) is 13.1. The SMILES string of the molecule is Cc1nc(C)c(-c2cc(C(=O)c3ccccc3)cc(N3CCOCC3)c2)s1. The minimum atomic E-state index is 0.0471. The molecule has 0 aliphatic carbocycles. The molecule has 2 heterocycles. The van der Waals surface area contributed by atoms with E-state index >= 15 is 0 Å². The number of hydrogen-bond donors (Lipinski definition) is 0. The summed E-state index contributed by atoms with van der Waals surface area (Å²) in [6.45, 7) is 7.14. The smallest absolute Gasteiger partial charge is 0.193 e. The van der Waals surface area contributed by atoms with E-state index in [1.54, 1.807) is 11.3 Å². The topological polar surface area (TPSA) is 42.4 Å². The van der Waals surface area contributed by atoms with Gasteiger partial charge in [0.1, 0.15) is 0 Å². The maximum Gasteiger partial charge on any atom is 0.193 e. The number of hydrogen-bond acceptors (Lipinski definition) is 5. The number of nitrogens with zero attached hydrogens (tertiary/aromatic N) is 2. The van der Waals surface area contributed by atoms with E-state index in [-0.39, 0.29) is 5.78 Å². The van der Waals surface area contributed by atoms with Crippen LogP contribution in [-0.2, 0) is 4.74 Å². The van der Waals surface area contributed by atoms with Crippen molar-refractivity contribution in [3.8, 4) is 10.4 Å². The average molecular weight is 378 g/mol. The van der Waals surface area contributed by atoms with Gasteiger partial charge in [-0.25, -0.2) is 4.98 Å². The maximum absolute atomic E-state index is 13.1. The van der Waals surface area contributed by atoms with E-state index in [1.165, 1.54) is 0 Å². The van der Waals surface area contributed by atoms with E-state index in [4.69, 9.17) is 4.74 Å². The standard InChI is InChI=1S/C22H22N2O2S/c1-15-22(27-16(2)23-15)19-12-18(21(25)17-6-4-3-5-7-17)13-20(14-19)24-8-10-26-11-9-24/h3-7,12-14H,8-11H2,1-2H3. The third kappa shape index (κ3) is 3.80. The predicted octanol–water partition coefficient (Wildman–Crippen LogP) is 4.49. The number of anilines is 1. The van der Waals surface area contributed by atoms with Crippen molar-refractivity contribution in [2.24, 2.45) is 0 Å². The number of aromatic nitrogens is 1. The number of ketones is 1. The van der Waals surface area contributed by atoms with Crippen LogP contribution >= 0.6 is 11.3 Å². The first-order valence-electron chi connectivity index (χ1n) is 9.14. The summed E-state index contributed by atoms with van der Waals surface area (Å²) >= 11 is 1.67. The Bertz CT molecular complexity index is 960.